The lowest BCUT2D eigenvalue weighted by atomic mass is 10.1. The molecule has 1 unspecified atom stereocenters. The number of rotatable bonds is 7. The second kappa shape index (κ2) is 9.50. The van der Waals surface area contributed by atoms with Crippen LogP contribution >= 0.6 is 0 Å². The predicted octanol–water partition coefficient (Wildman–Crippen LogP) is 3.20. The van der Waals surface area contributed by atoms with Gasteiger partial charge in [0.05, 0.1) is 0 Å². The largest absolute Gasteiger partial charge is 0.350 e. The smallest absolute Gasteiger partial charge is 0.244 e. The Kier molecular flexibility index (Phi) is 8.84. The van der Waals surface area contributed by atoms with Gasteiger partial charge in [-0.1, -0.05) is 44.4 Å². The van der Waals surface area contributed by atoms with E-state index in [4.69, 9.17) is 0 Å². The molecule has 2 heteroatoms. The third-order valence-corrected chi connectivity index (χ3v) is 2.18. The van der Waals surface area contributed by atoms with E-state index in [1.807, 2.05) is 19.1 Å². The van der Waals surface area contributed by atoms with Crippen molar-refractivity contribution in [2.75, 3.05) is 0 Å². The summed E-state index contributed by atoms with van der Waals surface area (Å²) in [7, 11) is 0. The molecule has 0 rings (SSSR count). The van der Waals surface area contributed by atoms with Gasteiger partial charge in [0.15, 0.2) is 0 Å². The van der Waals surface area contributed by atoms with Crippen LogP contribution in [-0.4, -0.2) is 11.9 Å². The fourth-order valence-corrected chi connectivity index (χ4v) is 1.32. The molecule has 0 aromatic carbocycles. The van der Waals surface area contributed by atoms with Crippen LogP contribution in [0.25, 0.3) is 0 Å². The van der Waals surface area contributed by atoms with Crippen molar-refractivity contribution in [2.45, 2.75) is 52.5 Å². The first-order valence-electron chi connectivity index (χ1n) is 5.80. The van der Waals surface area contributed by atoms with E-state index in [9.17, 15) is 4.79 Å². The summed E-state index contributed by atoms with van der Waals surface area (Å²) in [6, 6.07) is 0.277. The Morgan fingerprint density at radius 1 is 1.33 bits per heavy atom. The van der Waals surface area contributed by atoms with E-state index < -0.39 is 0 Å². The van der Waals surface area contributed by atoms with Crippen molar-refractivity contribution in [1.82, 2.24) is 5.32 Å². The summed E-state index contributed by atoms with van der Waals surface area (Å²) in [6.45, 7) is 6.16. The van der Waals surface area contributed by atoms with Crippen LogP contribution in [0.2, 0.25) is 0 Å². The zero-order valence-electron chi connectivity index (χ0n) is 10.1. The van der Waals surface area contributed by atoms with Gasteiger partial charge in [-0.2, -0.15) is 0 Å². The highest BCUT2D eigenvalue weighted by atomic mass is 16.1. The highest BCUT2D eigenvalue weighted by Gasteiger charge is 2.03. The Balaban J connectivity index is 3.66. The van der Waals surface area contributed by atoms with Gasteiger partial charge in [0.2, 0.25) is 5.91 Å². The Bertz CT molecular complexity index is 219. The van der Waals surface area contributed by atoms with Crippen molar-refractivity contribution in [3.8, 4) is 0 Å². The van der Waals surface area contributed by atoms with E-state index >= 15 is 0 Å². The maximum Gasteiger partial charge on any atom is 0.244 e. The molecule has 0 aromatic rings. The summed E-state index contributed by atoms with van der Waals surface area (Å²) in [5, 5.41) is 2.94. The van der Waals surface area contributed by atoms with Crippen LogP contribution in [0.15, 0.2) is 24.3 Å². The topological polar surface area (TPSA) is 29.1 Å². The minimum Gasteiger partial charge on any atom is -0.350 e. The number of carbonyl (C=O) groups excluding carboxylic acids is 1. The lowest BCUT2D eigenvalue weighted by Crippen LogP contribution is -2.30. The molecular weight excluding hydrogens is 186 g/mol. The van der Waals surface area contributed by atoms with E-state index in [1.165, 1.54) is 19.3 Å². The summed E-state index contributed by atoms with van der Waals surface area (Å²) in [6.07, 6.45) is 11.8. The van der Waals surface area contributed by atoms with Crippen LogP contribution in [0, 0.1) is 0 Å². The van der Waals surface area contributed by atoms with Gasteiger partial charge < -0.3 is 5.32 Å². The summed E-state index contributed by atoms with van der Waals surface area (Å²) >= 11 is 0. The van der Waals surface area contributed by atoms with Gasteiger partial charge in [0.1, 0.15) is 0 Å². The molecule has 0 radical (unpaired) electrons. The molecular formula is C13H23NO. The van der Waals surface area contributed by atoms with Gasteiger partial charge in [-0.15, -0.1) is 0 Å². The molecule has 0 spiro atoms. The Labute approximate surface area is 93.5 Å². The fourth-order valence-electron chi connectivity index (χ4n) is 1.32. The first-order chi connectivity index (χ1) is 7.20. The lowest BCUT2D eigenvalue weighted by Gasteiger charge is -2.11. The average molecular weight is 209 g/mol. The lowest BCUT2D eigenvalue weighted by molar-refractivity contribution is -0.117. The predicted molar refractivity (Wildman–Crippen MR) is 65.7 cm³/mol. The molecule has 0 aliphatic carbocycles. The van der Waals surface area contributed by atoms with Crippen molar-refractivity contribution in [2.24, 2.45) is 0 Å². The van der Waals surface area contributed by atoms with Crippen LogP contribution in [0.4, 0.5) is 0 Å². The quantitative estimate of drug-likeness (QED) is 0.389. The monoisotopic (exact) mass is 209 g/mol. The van der Waals surface area contributed by atoms with Gasteiger partial charge in [0, 0.05) is 12.1 Å². The van der Waals surface area contributed by atoms with E-state index in [-0.39, 0.29) is 11.9 Å². The highest BCUT2D eigenvalue weighted by Crippen LogP contribution is 2.02. The van der Waals surface area contributed by atoms with Crippen molar-refractivity contribution in [3.63, 3.8) is 0 Å². The van der Waals surface area contributed by atoms with Crippen molar-refractivity contribution in [1.29, 1.82) is 0 Å². The molecule has 0 fully saturated rings. The van der Waals surface area contributed by atoms with Crippen LogP contribution in [0.3, 0.4) is 0 Å². The second-order valence-corrected chi connectivity index (χ2v) is 3.79. The third-order valence-electron chi connectivity index (χ3n) is 2.18. The van der Waals surface area contributed by atoms with Gasteiger partial charge in [-0.25, -0.2) is 0 Å². The number of unbranched alkanes of at least 4 members (excludes halogenated alkanes) is 2. The number of hydrogen-bond acceptors (Lipinski definition) is 1. The van der Waals surface area contributed by atoms with E-state index in [0.29, 0.717) is 0 Å². The SMILES string of the molecule is CC=C/C=C/C(=O)NC(C)CCCCC. The zero-order chi connectivity index (χ0) is 11.5. The van der Waals surface area contributed by atoms with Gasteiger partial charge in [-0.05, 0) is 20.3 Å². The molecule has 2 nitrogen and oxygen atoms in total. The molecule has 0 heterocycles. The number of amides is 1. The molecule has 0 aliphatic heterocycles. The second-order valence-electron chi connectivity index (χ2n) is 3.79. The molecule has 0 bridgehead atoms. The zero-order valence-corrected chi connectivity index (χ0v) is 10.1. The molecule has 86 valence electrons. The van der Waals surface area contributed by atoms with Gasteiger partial charge in [-0.3, -0.25) is 4.79 Å². The van der Waals surface area contributed by atoms with Crippen LogP contribution in [-0.2, 0) is 4.79 Å². The molecule has 0 aliphatic rings. The van der Waals surface area contributed by atoms with Crippen LogP contribution in [0.5, 0.6) is 0 Å². The van der Waals surface area contributed by atoms with E-state index in [2.05, 4.69) is 19.2 Å². The minimum absolute atomic E-state index is 0.00269. The Morgan fingerprint density at radius 2 is 2.07 bits per heavy atom. The molecule has 1 atom stereocenters. The minimum atomic E-state index is -0.00269. The van der Waals surface area contributed by atoms with Crippen molar-refractivity contribution < 1.29 is 4.79 Å². The Hall–Kier alpha value is -1.05. The van der Waals surface area contributed by atoms with Crippen LogP contribution in [0.1, 0.15) is 46.5 Å². The molecule has 0 aromatic heterocycles. The molecule has 1 amide bonds. The van der Waals surface area contributed by atoms with Gasteiger partial charge in [0.25, 0.3) is 0 Å². The normalized spacial score (nSPS) is 13.5. The maximum atomic E-state index is 11.3. The fraction of sp³-hybridized carbons (Fsp3) is 0.615. The number of carbonyl (C=O) groups is 1. The number of allylic oxidation sites excluding steroid dienone is 3. The van der Waals surface area contributed by atoms with E-state index in [1.54, 1.807) is 12.2 Å². The first kappa shape index (κ1) is 13.9. The first-order valence-corrected chi connectivity index (χ1v) is 5.80. The summed E-state index contributed by atoms with van der Waals surface area (Å²) in [4.78, 5) is 11.3. The van der Waals surface area contributed by atoms with Gasteiger partial charge >= 0.3 is 0 Å². The van der Waals surface area contributed by atoms with Crippen molar-refractivity contribution >= 4 is 5.91 Å². The summed E-state index contributed by atoms with van der Waals surface area (Å²) < 4.78 is 0. The standard InChI is InChI=1S/C13H23NO/c1-4-6-8-10-12(3)14-13(15)11-9-7-5-2/h5,7,9,11-12H,4,6,8,10H2,1-3H3,(H,14,15)/b7-5?,11-9+. The van der Waals surface area contributed by atoms with Crippen LogP contribution < -0.4 is 5.32 Å². The number of nitrogens with one attached hydrogen (secondary N) is 1. The third kappa shape index (κ3) is 9.26. The number of hydrogen-bond donors (Lipinski definition) is 1. The average Bonchev–Trinajstić information content (AvgIpc) is 2.18. The van der Waals surface area contributed by atoms with E-state index in [0.717, 1.165) is 6.42 Å². The summed E-state index contributed by atoms with van der Waals surface area (Å²) in [5.74, 6) is -0.00269. The highest BCUT2D eigenvalue weighted by molar-refractivity contribution is 5.87. The maximum absolute atomic E-state index is 11.3. The summed E-state index contributed by atoms with van der Waals surface area (Å²) in [5.41, 5.74) is 0. The molecule has 1 N–H and O–H groups in total. The molecule has 0 saturated carbocycles. The molecule has 15 heavy (non-hydrogen) atoms. The van der Waals surface area contributed by atoms with Crippen molar-refractivity contribution in [3.05, 3.63) is 24.3 Å². The Morgan fingerprint density at radius 3 is 2.67 bits per heavy atom. The molecule has 0 saturated heterocycles.